The van der Waals surface area contributed by atoms with Gasteiger partial charge in [0.2, 0.25) is 0 Å². The molecule has 4 rings (SSSR count). The molecule has 2 aliphatic carbocycles. The highest BCUT2D eigenvalue weighted by Crippen LogP contribution is 2.35. The maximum Gasteiger partial charge on any atom is 0.261 e. The van der Waals surface area contributed by atoms with Gasteiger partial charge in [0.05, 0.1) is 28.7 Å². The molecular formula is C21H27F2N3O3S. The summed E-state index contributed by atoms with van der Waals surface area (Å²) in [5.74, 6) is -1.33. The van der Waals surface area contributed by atoms with Crippen molar-refractivity contribution in [2.45, 2.75) is 74.2 Å². The van der Waals surface area contributed by atoms with Crippen molar-refractivity contribution in [3.05, 3.63) is 33.9 Å². The zero-order chi connectivity index (χ0) is 21.5. The zero-order valence-corrected chi connectivity index (χ0v) is 18.0. The lowest BCUT2D eigenvalue weighted by Gasteiger charge is -2.35. The number of rotatable bonds is 6. The standard InChI is InChI=1S/C21H27F2N3O3S/c1-21(28)5-3-13(4-6-21)30-10-16-25-14-9-15(24-11-7-12(8-11)29-2)18(22)19(23)17(14)20(27)26-16/h9,11-13,24,28H,3-8,10H2,1-2H3,(H,25,26,27)/t11-,12+,13-,21+. The van der Waals surface area contributed by atoms with Crippen molar-refractivity contribution < 1.29 is 18.6 Å². The summed E-state index contributed by atoms with van der Waals surface area (Å²) < 4.78 is 34.3. The number of aliphatic hydroxyl groups is 1. The SMILES string of the molecule is CO[C@H]1C[C@@H](Nc2cc3nc(CS[C@H]4CC[C@@](C)(O)CC4)[nH]c(=O)c3c(F)c2F)C1. The lowest BCUT2D eigenvalue weighted by atomic mass is 9.86. The van der Waals surface area contributed by atoms with Crippen LogP contribution in [0.3, 0.4) is 0 Å². The Balaban J connectivity index is 1.51. The van der Waals surface area contributed by atoms with Crippen LogP contribution in [0.4, 0.5) is 14.5 Å². The minimum atomic E-state index is -1.18. The first-order chi connectivity index (χ1) is 14.3. The van der Waals surface area contributed by atoms with E-state index in [9.17, 15) is 18.7 Å². The molecule has 0 bridgehead atoms. The predicted octanol–water partition coefficient (Wildman–Crippen LogP) is 3.72. The molecule has 2 aliphatic rings. The third-order valence-electron chi connectivity index (χ3n) is 6.18. The number of hydrogen-bond donors (Lipinski definition) is 3. The first kappa shape index (κ1) is 21.5. The van der Waals surface area contributed by atoms with Gasteiger partial charge in [-0.25, -0.2) is 13.8 Å². The quantitative estimate of drug-likeness (QED) is 0.636. The lowest BCUT2D eigenvalue weighted by Crippen LogP contribution is -2.40. The van der Waals surface area contributed by atoms with E-state index in [2.05, 4.69) is 15.3 Å². The summed E-state index contributed by atoms with van der Waals surface area (Å²) in [4.78, 5) is 19.4. The Bertz CT molecular complexity index is 982. The average molecular weight is 440 g/mol. The van der Waals surface area contributed by atoms with Crippen molar-refractivity contribution in [2.75, 3.05) is 12.4 Å². The largest absolute Gasteiger partial charge is 0.390 e. The molecule has 164 valence electrons. The molecule has 30 heavy (non-hydrogen) atoms. The smallest absolute Gasteiger partial charge is 0.261 e. The molecule has 0 saturated heterocycles. The fourth-order valence-corrected chi connectivity index (χ4v) is 5.23. The summed E-state index contributed by atoms with van der Waals surface area (Å²) in [7, 11) is 1.63. The number of H-pyrrole nitrogens is 1. The van der Waals surface area contributed by atoms with Crippen molar-refractivity contribution >= 4 is 28.4 Å². The Morgan fingerprint density at radius 2 is 2.03 bits per heavy atom. The van der Waals surface area contributed by atoms with Gasteiger partial charge >= 0.3 is 0 Å². The van der Waals surface area contributed by atoms with Crippen LogP contribution in [0, 0.1) is 11.6 Å². The van der Waals surface area contributed by atoms with Gasteiger partial charge in [-0.15, -0.1) is 0 Å². The Morgan fingerprint density at radius 1 is 1.33 bits per heavy atom. The van der Waals surface area contributed by atoms with E-state index in [1.165, 1.54) is 6.07 Å². The van der Waals surface area contributed by atoms with Gasteiger partial charge in [-0.05, 0) is 51.5 Å². The van der Waals surface area contributed by atoms with Crippen LogP contribution >= 0.6 is 11.8 Å². The van der Waals surface area contributed by atoms with Gasteiger partial charge in [-0.3, -0.25) is 4.79 Å². The van der Waals surface area contributed by atoms with Crippen LogP contribution in [0.25, 0.3) is 10.9 Å². The summed E-state index contributed by atoms with van der Waals surface area (Å²) in [6.45, 7) is 1.86. The summed E-state index contributed by atoms with van der Waals surface area (Å²) in [6.07, 6.45) is 4.85. The summed E-state index contributed by atoms with van der Waals surface area (Å²) in [6, 6.07) is 1.41. The maximum absolute atomic E-state index is 14.6. The monoisotopic (exact) mass is 439 g/mol. The van der Waals surface area contributed by atoms with Crippen LogP contribution in [0.15, 0.2) is 10.9 Å². The molecule has 1 aromatic carbocycles. The molecular weight excluding hydrogens is 412 g/mol. The molecule has 0 radical (unpaired) electrons. The van der Waals surface area contributed by atoms with E-state index >= 15 is 0 Å². The predicted molar refractivity (Wildman–Crippen MR) is 114 cm³/mol. The third kappa shape index (κ3) is 4.48. The number of halogens is 2. The molecule has 6 nitrogen and oxygen atoms in total. The van der Waals surface area contributed by atoms with Gasteiger partial charge in [0.15, 0.2) is 11.6 Å². The number of methoxy groups -OCH3 is 1. The molecule has 0 amide bonds. The molecule has 2 aromatic rings. The van der Waals surface area contributed by atoms with Gasteiger partial charge < -0.3 is 20.1 Å². The average Bonchev–Trinajstić information content (AvgIpc) is 2.66. The maximum atomic E-state index is 14.6. The molecule has 0 unspecified atom stereocenters. The van der Waals surface area contributed by atoms with Crippen LogP contribution in [-0.4, -0.2) is 45.2 Å². The van der Waals surface area contributed by atoms with E-state index in [1.54, 1.807) is 18.9 Å². The van der Waals surface area contributed by atoms with Crippen molar-refractivity contribution in [3.8, 4) is 0 Å². The fraction of sp³-hybridized carbons (Fsp3) is 0.619. The van der Waals surface area contributed by atoms with E-state index in [-0.39, 0.29) is 28.7 Å². The highest BCUT2D eigenvalue weighted by atomic mass is 32.2. The second kappa shape index (κ2) is 8.43. The van der Waals surface area contributed by atoms with Crippen LogP contribution < -0.4 is 10.9 Å². The van der Waals surface area contributed by atoms with Crippen molar-refractivity contribution in [2.24, 2.45) is 0 Å². The number of anilines is 1. The van der Waals surface area contributed by atoms with Crippen molar-refractivity contribution in [1.82, 2.24) is 9.97 Å². The molecule has 2 fully saturated rings. The Labute approximate surface area is 177 Å². The highest BCUT2D eigenvalue weighted by Gasteiger charge is 2.31. The number of aromatic nitrogens is 2. The summed E-state index contributed by atoms with van der Waals surface area (Å²) >= 11 is 1.67. The second-order valence-corrected chi connectivity index (χ2v) is 9.93. The minimum absolute atomic E-state index is 0.00170. The van der Waals surface area contributed by atoms with E-state index < -0.39 is 22.8 Å². The van der Waals surface area contributed by atoms with Gasteiger partial charge in [-0.1, -0.05) is 0 Å². The molecule has 1 heterocycles. The Morgan fingerprint density at radius 3 is 2.70 bits per heavy atom. The lowest BCUT2D eigenvalue weighted by molar-refractivity contribution is 0.0240. The van der Waals surface area contributed by atoms with Crippen LogP contribution in [0.1, 0.15) is 51.3 Å². The van der Waals surface area contributed by atoms with E-state index in [1.807, 2.05) is 6.92 Å². The minimum Gasteiger partial charge on any atom is -0.390 e. The molecule has 1 aromatic heterocycles. The molecule has 3 N–H and O–H groups in total. The Hall–Kier alpha value is -1.71. The molecule has 0 atom stereocenters. The van der Waals surface area contributed by atoms with Crippen LogP contribution in [0.5, 0.6) is 0 Å². The van der Waals surface area contributed by atoms with E-state index in [0.717, 1.165) is 25.7 Å². The number of fused-ring (bicyclic) bond motifs is 1. The topological polar surface area (TPSA) is 87.2 Å². The first-order valence-corrected chi connectivity index (χ1v) is 11.3. The van der Waals surface area contributed by atoms with Crippen molar-refractivity contribution in [3.63, 3.8) is 0 Å². The van der Waals surface area contributed by atoms with Gasteiger partial charge in [0.1, 0.15) is 11.2 Å². The van der Waals surface area contributed by atoms with E-state index in [0.29, 0.717) is 29.7 Å². The fourth-order valence-electron chi connectivity index (χ4n) is 4.13. The van der Waals surface area contributed by atoms with Crippen LogP contribution in [0.2, 0.25) is 0 Å². The van der Waals surface area contributed by atoms with Gasteiger partial charge in [0, 0.05) is 18.4 Å². The van der Waals surface area contributed by atoms with Gasteiger partial charge in [-0.2, -0.15) is 11.8 Å². The molecule has 2 saturated carbocycles. The van der Waals surface area contributed by atoms with E-state index in [4.69, 9.17) is 4.74 Å². The number of nitrogens with one attached hydrogen (secondary N) is 2. The number of nitrogens with zero attached hydrogens (tertiary/aromatic N) is 1. The molecule has 9 heteroatoms. The van der Waals surface area contributed by atoms with Crippen molar-refractivity contribution in [1.29, 1.82) is 0 Å². The normalized spacial score (nSPS) is 29.0. The number of ether oxygens (including phenoxy) is 1. The summed E-state index contributed by atoms with van der Waals surface area (Å²) in [5.41, 5.74) is -1.11. The highest BCUT2D eigenvalue weighted by molar-refractivity contribution is 7.99. The number of benzene rings is 1. The second-order valence-electron chi connectivity index (χ2n) is 8.64. The first-order valence-electron chi connectivity index (χ1n) is 10.3. The third-order valence-corrected chi connectivity index (χ3v) is 7.56. The molecule has 0 aliphatic heterocycles. The Kier molecular flexibility index (Phi) is 6.05. The summed E-state index contributed by atoms with van der Waals surface area (Å²) in [5, 5.41) is 13.1. The number of thioether (sulfide) groups is 1. The van der Waals surface area contributed by atoms with Crippen LogP contribution in [-0.2, 0) is 10.5 Å². The number of aromatic amines is 1. The number of hydrogen-bond acceptors (Lipinski definition) is 6. The van der Waals surface area contributed by atoms with Gasteiger partial charge in [0.25, 0.3) is 5.56 Å². The molecule has 0 spiro atoms. The zero-order valence-electron chi connectivity index (χ0n) is 17.1.